The number of pyridine rings is 1. The zero-order valence-electron chi connectivity index (χ0n) is 23.0. The standard InChI is InChI=1S/C29H37Cl2N5O4/c1-29(2,40-25-7-4-20(30)15-24(25)31)28(38)34-21-16-22-5-6-23(17-21)36(22)26-8-3-19(18-33-26)27(37)32-9-10-35-11-13-39-14-12-35/h3-4,7-8,15,18,21-23H,5-6,9-14,16-17H2,1-2H3,(H,32,37)(H,34,38)/t21?,22-,23+. The lowest BCUT2D eigenvalue weighted by Gasteiger charge is -2.40. The molecule has 2 bridgehead atoms. The molecule has 3 aliphatic rings. The molecule has 1 aromatic carbocycles. The Morgan fingerprint density at radius 1 is 1.10 bits per heavy atom. The Morgan fingerprint density at radius 2 is 1.82 bits per heavy atom. The Bertz CT molecular complexity index is 1190. The number of benzene rings is 1. The molecular weight excluding hydrogens is 553 g/mol. The fourth-order valence-corrected chi connectivity index (χ4v) is 6.28. The molecule has 40 heavy (non-hydrogen) atoms. The third-order valence-corrected chi connectivity index (χ3v) is 8.50. The van der Waals surface area contributed by atoms with Crippen molar-refractivity contribution in [1.29, 1.82) is 0 Å². The fraction of sp³-hybridized carbons (Fsp3) is 0.552. The van der Waals surface area contributed by atoms with E-state index in [-0.39, 0.29) is 29.9 Å². The number of anilines is 1. The molecule has 0 saturated carbocycles. The van der Waals surface area contributed by atoms with Crippen molar-refractivity contribution in [2.45, 2.75) is 63.3 Å². The van der Waals surface area contributed by atoms with Crippen LogP contribution in [0.4, 0.5) is 5.82 Å². The van der Waals surface area contributed by atoms with Gasteiger partial charge < -0.3 is 25.0 Å². The lowest BCUT2D eigenvalue weighted by atomic mass is 9.96. The molecule has 3 saturated heterocycles. The number of nitrogens with one attached hydrogen (secondary N) is 2. The summed E-state index contributed by atoms with van der Waals surface area (Å²) >= 11 is 12.2. The van der Waals surface area contributed by atoms with E-state index in [4.69, 9.17) is 32.7 Å². The Hall–Kier alpha value is -2.59. The van der Waals surface area contributed by atoms with Gasteiger partial charge in [-0.15, -0.1) is 0 Å². The highest BCUT2D eigenvalue weighted by Crippen LogP contribution is 2.39. The first kappa shape index (κ1) is 28.9. The van der Waals surface area contributed by atoms with Gasteiger partial charge in [-0.1, -0.05) is 23.2 Å². The van der Waals surface area contributed by atoms with Crippen molar-refractivity contribution in [3.8, 4) is 5.75 Å². The number of aromatic nitrogens is 1. The van der Waals surface area contributed by atoms with Crippen molar-refractivity contribution < 1.29 is 19.1 Å². The first-order valence-electron chi connectivity index (χ1n) is 14.0. The molecule has 2 N–H and O–H groups in total. The smallest absolute Gasteiger partial charge is 0.263 e. The first-order valence-corrected chi connectivity index (χ1v) is 14.7. The van der Waals surface area contributed by atoms with Gasteiger partial charge in [0.2, 0.25) is 0 Å². The summed E-state index contributed by atoms with van der Waals surface area (Å²) < 4.78 is 11.3. The van der Waals surface area contributed by atoms with Crippen LogP contribution >= 0.6 is 23.2 Å². The maximum Gasteiger partial charge on any atom is 0.263 e. The molecule has 3 aliphatic heterocycles. The fourth-order valence-electron chi connectivity index (χ4n) is 5.83. The summed E-state index contributed by atoms with van der Waals surface area (Å²) in [5.74, 6) is 1.00. The largest absolute Gasteiger partial charge is 0.476 e. The molecule has 2 aromatic rings. The second kappa shape index (κ2) is 12.5. The average Bonchev–Trinajstić information content (AvgIpc) is 3.20. The van der Waals surface area contributed by atoms with E-state index < -0.39 is 5.60 Å². The molecule has 2 amide bonds. The number of amides is 2. The van der Waals surface area contributed by atoms with Gasteiger partial charge >= 0.3 is 0 Å². The van der Waals surface area contributed by atoms with Gasteiger partial charge in [0, 0.05) is 55.5 Å². The molecule has 0 aliphatic carbocycles. The number of nitrogens with zero attached hydrogens (tertiary/aromatic N) is 3. The van der Waals surface area contributed by atoms with Crippen LogP contribution in [0.5, 0.6) is 5.75 Å². The summed E-state index contributed by atoms with van der Waals surface area (Å²) in [6.07, 6.45) is 5.40. The Morgan fingerprint density at radius 3 is 2.48 bits per heavy atom. The summed E-state index contributed by atoms with van der Waals surface area (Å²) in [4.78, 5) is 35.1. The number of rotatable bonds is 9. The number of morpholine rings is 1. The molecule has 5 rings (SSSR count). The third-order valence-electron chi connectivity index (χ3n) is 7.97. The minimum Gasteiger partial charge on any atom is -0.476 e. The molecule has 0 radical (unpaired) electrons. The SMILES string of the molecule is CC(C)(Oc1ccc(Cl)cc1Cl)C(=O)NC1C[C@H]2CC[C@@H](C1)N2c1ccc(C(=O)NCCN2CCOCC2)cn1. The number of carbonyl (C=O) groups is 2. The quantitative estimate of drug-likeness (QED) is 0.457. The van der Waals surface area contributed by atoms with Gasteiger partial charge in [0.25, 0.3) is 11.8 Å². The minimum absolute atomic E-state index is 0.0429. The average molecular weight is 591 g/mol. The molecule has 1 aromatic heterocycles. The predicted octanol–water partition coefficient (Wildman–Crippen LogP) is 3.92. The Balaban J connectivity index is 1.13. The summed E-state index contributed by atoms with van der Waals surface area (Å²) in [5, 5.41) is 7.07. The maximum absolute atomic E-state index is 13.2. The summed E-state index contributed by atoms with van der Waals surface area (Å²) in [7, 11) is 0. The first-order chi connectivity index (χ1) is 19.2. The van der Waals surface area contributed by atoms with E-state index in [2.05, 4.69) is 25.4 Å². The van der Waals surface area contributed by atoms with Crippen LogP contribution in [-0.2, 0) is 9.53 Å². The normalized spacial score (nSPS) is 23.1. The van der Waals surface area contributed by atoms with E-state index in [0.29, 0.717) is 27.9 Å². The van der Waals surface area contributed by atoms with Crippen molar-refractivity contribution in [2.24, 2.45) is 0 Å². The highest BCUT2D eigenvalue weighted by Gasteiger charge is 2.43. The molecule has 9 nitrogen and oxygen atoms in total. The summed E-state index contributed by atoms with van der Waals surface area (Å²) in [5.41, 5.74) is -0.545. The Labute approximate surface area is 245 Å². The summed E-state index contributed by atoms with van der Waals surface area (Å²) in [6, 6.07) is 9.34. The topological polar surface area (TPSA) is 96.0 Å². The zero-order valence-corrected chi connectivity index (χ0v) is 24.5. The van der Waals surface area contributed by atoms with Crippen LogP contribution in [0.25, 0.3) is 0 Å². The maximum atomic E-state index is 13.2. The molecule has 4 heterocycles. The highest BCUT2D eigenvalue weighted by atomic mass is 35.5. The van der Waals surface area contributed by atoms with Crippen LogP contribution < -0.4 is 20.3 Å². The van der Waals surface area contributed by atoms with E-state index in [1.165, 1.54) is 0 Å². The van der Waals surface area contributed by atoms with Gasteiger partial charge in [0.05, 0.1) is 23.8 Å². The number of hydrogen-bond acceptors (Lipinski definition) is 7. The van der Waals surface area contributed by atoms with Crippen molar-refractivity contribution in [2.75, 3.05) is 44.3 Å². The summed E-state index contributed by atoms with van der Waals surface area (Å²) in [6.45, 7) is 8.18. The second-order valence-corrected chi connectivity index (χ2v) is 12.1. The van der Waals surface area contributed by atoms with E-state index in [9.17, 15) is 9.59 Å². The van der Waals surface area contributed by atoms with Gasteiger partial charge in [-0.3, -0.25) is 14.5 Å². The monoisotopic (exact) mass is 589 g/mol. The molecule has 11 heteroatoms. The predicted molar refractivity (Wildman–Crippen MR) is 155 cm³/mol. The van der Waals surface area contributed by atoms with E-state index >= 15 is 0 Å². The lowest BCUT2D eigenvalue weighted by Crippen LogP contribution is -2.55. The molecule has 3 fully saturated rings. The van der Waals surface area contributed by atoms with Crippen LogP contribution in [0.1, 0.15) is 49.9 Å². The number of hydrogen-bond donors (Lipinski definition) is 2. The van der Waals surface area contributed by atoms with E-state index in [1.54, 1.807) is 38.2 Å². The van der Waals surface area contributed by atoms with Crippen LogP contribution in [0.3, 0.4) is 0 Å². The molecule has 0 spiro atoms. The minimum atomic E-state index is -1.10. The molecular formula is C29H37Cl2N5O4. The van der Waals surface area contributed by atoms with Crippen molar-refractivity contribution >= 4 is 40.8 Å². The number of halogens is 2. The van der Waals surface area contributed by atoms with Gasteiger partial charge in [-0.05, 0) is 69.9 Å². The third kappa shape index (κ3) is 6.82. The number of carbonyl (C=O) groups excluding carboxylic acids is 2. The van der Waals surface area contributed by atoms with Crippen LogP contribution in [-0.4, -0.2) is 84.8 Å². The van der Waals surface area contributed by atoms with E-state index in [1.807, 2.05) is 12.1 Å². The number of piperidine rings is 1. The van der Waals surface area contributed by atoms with Crippen LogP contribution in [0, 0.1) is 0 Å². The second-order valence-electron chi connectivity index (χ2n) is 11.2. The van der Waals surface area contributed by atoms with Gasteiger partial charge in [0.1, 0.15) is 11.6 Å². The highest BCUT2D eigenvalue weighted by molar-refractivity contribution is 6.35. The van der Waals surface area contributed by atoms with Gasteiger partial charge in [0.15, 0.2) is 5.60 Å². The van der Waals surface area contributed by atoms with Gasteiger partial charge in [-0.25, -0.2) is 4.98 Å². The zero-order chi connectivity index (χ0) is 28.3. The van der Waals surface area contributed by atoms with Crippen molar-refractivity contribution in [3.63, 3.8) is 0 Å². The van der Waals surface area contributed by atoms with Crippen molar-refractivity contribution in [1.82, 2.24) is 20.5 Å². The number of ether oxygens (including phenoxy) is 2. The molecule has 216 valence electrons. The lowest BCUT2D eigenvalue weighted by molar-refractivity contribution is -0.135. The molecule has 3 atom stereocenters. The molecule has 1 unspecified atom stereocenters. The Kier molecular flexibility index (Phi) is 9.05. The van der Waals surface area contributed by atoms with E-state index in [0.717, 1.165) is 64.3 Å². The van der Waals surface area contributed by atoms with Crippen LogP contribution in [0.15, 0.2) is 36.5 Å². The van der Waals surface area contributed by atoms with Crippen molar-refractivity contribution in [3.05, 3.63) is 52.1 Å². The van der Waals surface area contributed by atoms with Crippen LogP contribution in [0.2, 0.25) is 10.0 Å². The van der Waals surface area contributed by atoms with Gasteiger partial charge in [-0.2, -0.15) is 0 Å². The number of fused-ring (bicyclic) bond motifs is 2.